The van der Waals surface area contributed by atoms with Gasteiger partial charge in [0.15, 0.2) is 5.16 Å². The highest BCUT2D eigenvalue weighted by atomic mass is 32.2. The van der Waals surface area contributed by atoms with E-state index < -0.39 is 0 Å². The van der Waals surface area contributed by atoms with E-state index in [0.29, 0.717) is 35.6 Å². The molecule has 0 fully saturated rings. The second kappa shape index (κ2) is 9.67. The summed E-state index contributed by atoms with van der Waals surface area (Å²) in [6.45, 7) is 3.26. The average Bonchev–Trinajstić information content (AvgIpc) is 3.23. The summed E-state index contributed by atoms with van der Waals surface area (Å²) < 4.78 is 9.47. The van der Waals surface area contributed by atoms with Gasteiger partial charge in [-0.2, -0.15) is 5.26 Å². The molecular weight excluding hydrogens is 410 g/mol. The number of fused-ring (bicyclic) bond motifs is 3. The van der Waals surface area contributed by atoms with Crippen LogP contribution in [0.3, 0.4) is 0 Å². The molecule has 7 nitrogen and oxygen atoms in total. The first-order valence-corrected chi connectivity index (χ1v) is 11.3. The second-order valence-electron chi connectivity index (χ2n) is 7.13. The molecule has 2 heterocycles. The van der Waals surface area contributed by atoms with Crippen LogP contribution >= 0.6 is 11.8 Å². The number of ether oxygens (including phenoxy) is 1. The fourth-order valence-electron chi connectivity index (χ4n) is 3.47. The van der Waals surface area contributed by atoms with Gasteiger partial charge in [0.1, 0.15) is 5.75 Å². The number of aromatic nitrogens is 4. The number of thioether (sulfide) groups is 1. The van der Waals surface area contributed by atoms with Crippen molar-refractivity contribution >= 4 is 28.4 Å². The van der Waals surface area contributed by atoms with Crippen LogP contribution < -0.4 is 10.3 Å². The van der Waals surface area contributed by atoms with Gasteiger partial charge in [0.25, 0.3) is 5.56 Å². The average molecular weight is 434 g/mol. The molecule has 0 radical (unpaired) electrons. The number of hydrogen-bond donors (Lipinski definition) is 0. The van der Waals surface area contributed by atoms with Gasteiger partial charge in [0.2, 0.25) is 5.78 Å². The first kappa shape index (κ1) is 20.9. The zero-order valence-corrected chi connectivity index (χ0v) is 18.1. The first-order valence-electron chi connectivity index (χ1n) is 10.4. The minimum atomic E-state index is -0.0210. The van der Waals surface area contributed by atoms with E-state index >= 15 is 0 Å². The van der Waals surface area contributed by atoms with Gasteiger partial charge < -0.3 is 4.74 Å². The van der Waals surface area contributed by atoms with Crippen molar-refractivity contribution in [2.45, 2.75) is 37.9 Å². The van der Waals surface area contributed by atoms with E-state index in [0.717, 1.165) is 35.7 Å². The highest BCUT2D eigenvalue weighted by molar-refractivity contribution is 7.99. The third-order valence-electron chi connectivity index (χ3n) is 5.03. The van der Waals surface area contributed by atoms with Crippen molar-refractivity contribution in [3.63, 3.8) is 0 Å². The maximum Gasteiger partial charge on any atom is 0.262 e. The molecule has 4 aromatic rings. The fraction of sp³-hybridized carbons (Fsp3) is 0.304. The van der Waals surface area contributed by atoms with Crippen LogP contribution in [-0.4, -0.2) is 31.5 Å². The zero-order chi connectivity index (χ0) is 21.6. The third kappa shape index (κ3) is 4.42. The third-order valence-corrected chi connectivity index (χ3v) is 5.92. The Hall–Kier alpha value is -3.31. The molecule has 0 saturated carbocycles. The Balaban J connectivity index is 1.56. The summed E-state index contributed by atoms with van der Waals surface area (Å²) in [4.78, 5) is 13.0. The lowest BCUT2D eigenvalue weighted by Gasteiger charge is -2.11. The number of hydrogen-bond acceptors (Lipinski definition) is 6. The predicted molar refractivity (Wildman–Crippen MR) is 122 cm³/mol. The van der Waals surface area contributed by atoms with Crippen molar-refractivity contribution in [2.75, 3.05) is 12.4 Å². The van der Waals surface area contributed by atoms with E-state index in [1.807, 2.05) is 28.7 Å². The van der Waals surface area contributed by atoms with Gasteiger partial charge in [-0.3, -0.25) is 13.8 Å². The Labute approximate surface area is 184 Å². The van der Waals surface area contributed by atoms with Crippen LogP contribution in [0.15, 0.2) is 58.5 Å². The van der Waals surface area contributed by atoms with Gasteiger partial charge in [-0.25, -0.2) is 0 Å². The Morgan fingerprint density at radius 3 is 2.68 bits per heavy atom. The molecule has 2 aromatic heterocycles. The molecule has 0 unspecified atom stereocenters. The normalized spacial score (nSPS) is 11.1. The first-order chi connectivity index (χ1) is 15.2. The lowest BCUT2D eigenvalue weighted by atomic mass is 10.2. The number of aryl methyl sites for hydroxylation is 1. The smallest absolute Gasteiger partial charge is 0.262 e. The zero-order valence-electron chi connectivity index (χ0n) is 17.3. The van der Waals surface area contributed by atoms with Gasteiger partial charge in [0.05, 0.1) is 29.1 Å². The topological polar surface area (TPSA) is 85.2 Å². The van der Waals surface area contributed by atoms with Crippen molar-refractivity contribution < 1.29 is 4.74 Å². The molecule has 2 aromatic carbocycles. The van der Waals surface area contributed by atoms with Crippen LogP contribution in [0.25, 0.3) is 16.7 Å². The van der Waals surface area contributed by atoms with Gasteiger partial charge in [-0.15, -0.1) is 10.2 Å². The summed E-state index contributed by atoms with van der Waals surface area (Å²) in [6, 6.07) is 16.7. The van der Waals surface area contributed by atoms with Gasteiger partial charge in [0, 0.05) is 12.3 Å². The summed E-state index contributed by atoms with van der Waals surface area (Å²) in [6.07, 6.45) is 3.08. The molecule has 0 amide bonds. The van der Waals surface area contributed by atoms with Crippen molar-refractivity contribution in [2.24, 2.45) is 0 Å². The molecule has 0 spiro atoms. The summed E-state index contributed by atoms with van der Waals surface area (Å²) in [5.74, 6) is 1.97. The van der Waals surface area contributed by atoms with Crippen molar-refractivity contribution in [1.29, 1.82) is 5.26 Å². The number of nitrogens with zero attached hydrogens (tertiary/aromatic N) is 5. The van der Waals surface area contributed by atoms with Crippen molar-refractivity contribution in [3.05, 3.63) is 64.4 Å². The van der Waals surface area contributed by atoms with Crippen LogP contribution in [0.1, 0.15) is 31.7 Å². The van der Waals surface area contributed by atoms with E-state index in [2.05, 4.69) is 23.2 Å². The van der Waals surface area contributed by atoms with Gasteiger partial charge in [-0.05, 0) is 42.8 Å². The highest BCUT2D eigenvalue weighted by Gasteiger charge is 2.16. The maximum atomic E-state index is 13.0. The van der Waals surface area contributed by atoms with Crippen LogP contribution in [0.4, 0.5) is 0 Å². The van der Waals surface area contributed by atoms with E-state index in [-0.39, 0.29) is 5.56 Å². The maximum absolute atomic E-state index is 13.0. The van der Waals surface area contributed by atoms with E-state index in [1.54, 1.807) is 28.8 Å². The van der Waals surface area contributed by atoms with Crippen LogP contribution in [0.5, 0.6) is 5.75 Å². The highest BCUT2D eigenvalue weighted by Crippen LogP contribution is 2.22. The molecule has 0 aliphatic heterocycles. The van der Waals surface area contributed by atoms with Crippen LogP contribution in [-0.2, 0) is 6.54 Å². The molecule has 4 rings (SSSR count). The van der Waals surface area contributed by atoms with E-state index in [4.69, 9.17) is 10.00 Å². The second-order valence-corrected chi connectivity index (χ2v) is 8.19. The summed E-state index contributed by atoms with van der Waals surface area (Å²) in [5, 5.41) is 19.0. The molecule has 0 saturated heterocycles. The van der Waals surface area contributed by atoms with Gasteiger partial charge in [-0.1, -0.05) is 43.7 Å². The Morgan fingerprint density at radius 1 is 1.10 bits per heavy atom. The minimum Gasteiger partial charge on any atom is -0.493 e. The largest absolute Gasteiger partial charge is 0.493 e. The quantitative estimate of drug-likeness (QED) is 0.289. The summed E-state index contributed by atoms with van der Waals surface area (Å²) >= 11 is 1.54. The van der Waals surface area contributed by atoms with Crippen molar-refractivity contribution in [3.8, 4) is 11.8 Å². The number of unbranched alkanes of at least 4 members (excludes halogenated alkanes) is 2. The van der Waals surface area contributed by atoms with Crippen molar-refractivity contribution in [1.82, 2.24) is 19.2 Å². The van der Waals surface area contributed by atoms with Crippen LogP contribution in [0.2, 0.25) is 0 Å². The molecule has 0 aliphatic carbocycles. The Bertz CT molecular complexity index is 1290. The SMILES string of the molecule is CCCCCn1c(=O)c2ccccc2n2c(SCCOc3ccc(C#N)cc3)nnc12. The predicted octanol–water partition coefficient (Wildman–Crippen LogP) is 4.28. The lowest BCUT2D eigenvalue weighted by Crippen LogP contribution is -2.23. The molecule has 158 valence electrons. The van der Waals surface area contributed by atoms with Crippen LogP contribution in [0, 0.1) is 11.3 Å². The van der Waals surface area contributed by atoms with Gasteiger partial charge >= 0.3 is 0 Å². The lowest BCUT2D eigenvalue weighted by molar-refractivity contribution is 0.344. The monoisotopic (exact) mass is 433 g/mol. The molecule has 0 atom stereocenters. The Kier molecular flexibility index (Phi) is 6.53. The number of para-hydroxylation sites is 1. The van der Waals surface area contributed by atoms with E-state index in [9.17, 15) is 4.79 Å². The molecule has 0 aliphatic rings. The molecular formula is C23H23N5O2S. The number of rotatable bonds is 9. The fourth-order valence-corrected chi connectivity index (χ4v) is 4.22. The molecule has 31 heavy (non-hydrogen) atoms. The summed E-state index contributed by atoms with van der Waals surface area (Å²) in [7, 11) is 0. The standard InChI is InChI=1S/C23H23N5O2S/c1-2-3-6-13-27-21(29)19-7-4-5-8-20(19)28-22(27)25-26-23(28)31-15-14-30-18-11-9-17(16-24)10-12-18/h4-5,7-12H,2-3,6,13-15H2,1H3. The number of nitriles is 1. The molecule has 0 N–H and O–H groups in total. The molecule has 0 bridgehead atoms. The summed E-state index contributed by atoms with van der Waals surface area (Å²) in [5.41, 5.74) is 1.40. The number of benzene rings is 2. The Morgan fingerprint density at radius 2 is 1.90 bits per heavy atom. The van der Waals surface area contributed by atoms with E-state index in [1.165, 1.54) is 11.8 Å². The molecule has 8 heteroatoms. The minimum absolute atomic E-state index is 0.0210.